The molecule has 0 saturated heterocycles. The average molecular weight is 373 g/mol. The zero-order valence-corrected chi connectivity index (χ0v) is 15.6. The molecule has 0 unspecified atom stereocenters. The Hall–Kier alpha value is -3.74. The van der Waals surface area contributed by atoms with Gasteiger partial charge in [0.05, 0.1) is 5.69 Å². The van der Waals surface area contributed by atoms with Crippen molar-refractivity contribution in [2.75, 3.05) is 0 Å². The normalized spacial score (nSPS) is 11.1. The van der Waals surface area contributed by atoms with Gasteiger partial charge in [0.25, 0.3) is 5.91 Å². The van der Waals surface area contributed by atoms with Crippen molar-refractivity contribution in [1.82, 2.24) is 19.5 Å². The summed E-state index contributed by atoms with van der Waals surface area (Å²) in [5, 5.41) is 0. The number of primary amides is 1. The van der Waals surface area contributed by atoms with Crippen LogP contribution in [0, 0.1) is 6.92 Å². The van der Waals surface area contributed by atoms with E-state index < -0.39 is 11.6 Å². The minimum atomic E-state index is -0.725. The van der Waals surface area contributed by atoms with Crippen LogP contribution in [0.1, 0.15) is 28.5 Å². The molecule has 0 bridgehead atoms. The van der Waals surface area contributed by atoms with Crippen LogP contribution in [0.4, 0.5) is 0 Å². The molecule has 2 heterocycles. The van der Waals surface area contributed by atoms with Crippen LogP contribution >= 0.6 is 0 Å². The van der Waals surface area contributed by atoms with Gasteiger partial charge in [-0.2, -0.15) is 0 Å². The maximum absolute atomic E-state index is 12.6. The Morgan fingerprint density at radius 2 is 1.89 bits per heavy atom. The Kier molecular flexibility index (Phi) is 4.27. The lowest BCUT2D eigenvalue weighted by Crippen LogP contribution is -2.15. The van der Waals surface area contributed by atoms with Crippen molar-refractivity contribution in [2.45, 2.75) is 20.3 Å². The van der Waals surface area contributed by atoms with Crippen molar-refractivity contribution < 1.29 is 4.79 Å². The van der Waals surface area contributed by atoms with Crippen LogP contribution in [0.2, 0.25) is 0 Å². The zero-order valence-electron chi connectivity index (χ0n) is 15.6. The second kappa shape index (κ2) is 6.77. The lowest BCUT2D eigenvalue weighted by Gasteiger charge is -2.07. The molecule has 0 radical (unpaired) electrons. The van der Waals surface area contributed by atoms with Crippen molar-refractivity contribution in [2.24, 2.45) is 5.73 Å². The van der Waals surface area contributed by atoms with Gasteiger partial charge >= 0.3 is 5.69 Å². The average Bonchev–Trinajstić information content (AvgIpc) is 3.02. The molecule has 4 aromatic rings. The quantitative estimate of drug-likeness (QED) is 0.573. The fourth-order valence-electron chi connectivity index (χ4n) is 3.19. The van der Waals surface area contributed by atoms with Crippen molar-refractivity contribution in [3.8, 4) is 17.1 Å². The summed E-state index contributed by atoms with van der Waals surface area (Å²) < 4.78 is 1.43. The van der Waals surface area contributed by atoms with E-state index in [0.29, 0.717) is 17.2 Å². The summed E-state index contributed by atoms with van der Waals surface area (Å²) in [5.74, 6) is -0.388. The molecule has 4 rings (SSSR count). The smallest absolute Gasteiger partial charge is 0.332 e. The Labute approximate surface area is 160 Å². The van der Waals surface area contributed by atoms with Crippen LogP contribution < -0.4 is 11.4 Å². The third kappa shape index (κ3) is 2.96. The number of carbonyl (C=O) groups excluding carboxylic acids is 1. The fourth-order valence-corrected chi connectivity index (χ4v) is 3.19. The number of hydrogen-bond acceptors (Lipinski definition) is 4. The van der Waals surface area contributed by atoms with Crippen molar-refractivity contribution in [3.63, 3.8) is 0 Å². The van der Waals surface area contributed by atoms with Crippen LogP contribution in [0.25, 0.3) is 28.2 Å². The van der Waals surface area contributed by atoms with E-state index in [2.05, 4.69) is 21.9 Å². The van der Waals surface area contributed by atoms with Gasteiger partial charge in [0, 0.05) is 5.56 Å². The molecule has 2 aromatic heterocycles. The van der Waals surface area contributed by atoms with Crippen LogP contribution in [-0.2, 0) is 6.42 Å². The summed E-state index contributed by atoms with van der Waals surface area (Å²) in [6.45, 7) is 4.01. The molecule has 3 N–H and O–H groups in total. The van der Waals surface area contributed by atoms with Crippen molar-refractivity contribution in [1.29, 1.82) is 0 Å². The van der Waals surface area contributed by atoms with Gasteiger partial charge in [-0.3, -0.25) is 4.79 Å². The summed E-state index contributed by atoms with van der Waals surface area (Å²) in [6.07, 6.45) is 0.914. The largest absolute Gasteiger partial charge is 0.364 e. The SMILES string of the molecule is CCc1ccc(-c2nc(C(N)=O)c3[nH]c(=O)n(-c4cccc(C)c4)c3n2)cc1. The van der Waals surface area contributed by atoms with E-state index in [-0.39, 0.29) is 11.2 Å². The number of nitrogens with two attached hydrogens (primary N) is 1. The lowest BCUT2D eigenvalue weighted by atomic mass is 10.1. The lowest BCUT2D eigenvalue weighted by molar-refractivity contribution is 0.0997. The molecule has 0 aliphatic carbocycles. The van der Waals surface area contributed by atoms with Crippen LogP contribution in [-0.4, -0.2) is 25.4 Å². The Morgan fingerprint density at radius 1 is 1.14 bits per heavy atom. The third-order valence-electron chi connectivity index (χ3n) is 4.65. The summed E-state index contributed by atoms with van der Waals surface area (Å²) in [6, 6.07) is 15.2. The second-order valence-electron chi connectivity index (χ2n) is 6.61. The Balaban J connectivity index is 2.02. The van der Waals surface area contributed by atoms with Crippen LogP contribution in [0.5, 0.6) is 0 Å². The number of imidazole rings is 1. The van der Waals surface area contributed by atoms with Crippen molar-refractivity contribution >= 4 is 17.1 Å². The van der Waals surface area contributed by atoms with E-state index in [0.717, 1.165) is 17.5 Å². The Morgan fingerprint density at radius 3 is 2.54 bits per heavy atom. The third-order valence-corrected chi connectivity index (χ3v) is 4.65. The molecular formula is C21H19N5O2. The first-order chi connectivity index (χ1) is 13.5. The summed E-state index contributed by atoms with van der Waals surface area (Å²) in [4.78, 5) is 36.2. The minimum absolute atomic E-state index is 0.0110. The summed E-state index contributed by atoms with van der Waals surface area (Å²) in [7, 11) is 0. The standard InChI is InChI=1S/C21H19N5O2/c1-3-13-7-9-14(10-8-13)19-23-16(18(22)27)17-20(25-19)26(21(28)24-17)15-6-4-5-12(2)11-15/h4-11H,3H2,1-2H3,(H2,22,27)(H,24,28). The summed E-state index contributed by atoms with van der Waals surface area (Å²) in [5.41, 5.74) is 9.23. The molecule has 2 aromatic carbocycles. The highest BCUT2D eigenvalue weighted by Gasteiger charge is 2.20. The second-order valence-corrected chi connectivity index (χ2v) is 6.61. The van der Waals surface area contributed by atoms with Gasteiger partial charge in [0.15, 0.2) is 17.2 Å². The molecule has 1 amide bonds. The van der Waals surface area contributed by atoms with Gasteiger partial charge in [0.2, 0.25) is 0 Å². The number of fused-ring (bicyclic) bond motifs is 1. The molecule has 7 nitrogen and oxygen atoms in total. The molecule has 0 spiro atoms. The van der Waals surface area contributed by atoms with Gasteiger partial charge in [-0.05, 0) is 36.6 Å². The molecular weight excluding hydrogens is 354 g/mol. The molecule has 28 heavy (non-hydrogen) atoms. The number of nitrogens with zero attached hydrogens (tertiary/aromatic N) is 3. The predicted octanol–water partition coefficient (Wildman–Crippen LogP) is 2.75. The number of benzene rings is 2. The van der Waals surface area contributed by atoms with Gasteiger partial charge in [-0.15, -0.1) is 0 Å². The number of aromatic nitrogens is 4. The van der Waals surface area contributed by atoms with E-state index in [1.54, 1.807) is 0 Å². The summed E-state index contributed by atoms with van der Waals surface area (Å²) >= 11 is 0. The molecule has 0 aliphatic heterocycles. The zero-order chi connectivity index (χ0) is 19.8. The number of hydrogen-bond donors (Lipinski definition) is 2. The highest BCUT2D eigenvalue weighted by Crippen LogP contribution is 2.22. The Bertz CT molecular complexity index is 1250. The molecule has 7 heteroatoms. The van der Waals surface area contributed by atoms with E-state index in [4.69, 9.17) is 5.73 Å². The number of amides is 1. The van der Waals surface area contributed by atoms with Gasteiger partial charge in [-0.25, -0.2) is 19.3 Å². The molecule has 0 saturated carbocycles. The molecule has 0 atom stereocenters. The van der Waals surface area contributed by atoms with Crippen molar-refractivity contribution in [3.05, 3.63) is 75.8 Å². The first kappa shape index (κ1) is 17.7. The highest BCUT2D eigenvalue weighted by atomic mass is 16.2. The van der Waals surface area contributed by atoms with Gasteiger partial charge in [-0.1, -0.05) is 43.3 Å². The van der Waals surface area contributed by atoms with E-state index in [9.17, 15) is 9.59 Å². The minimum Gasteiger partial charge on any atom is -0.364 e. The molecule has 0 fully saturated rings. The van der Waals surface area contributed by atoms with Crippen LogP contribution in [0.3, 0.4) is 0 Å². The van der Waals surface area contributed by atoms with Gasteiger partial charge in [0.1, 0.15) is 5.52 Å². The topological polar surface area (TPSA) is 107 Å². The van der Waals surface area contributed by atoms with E-state index in [1.807, 2.05) is 55.5 Å². The maximum atomic E-state index is 12.6. The highest BCUT2D eigenvalue weighted by molar-refractivity contribution is 6.02. The van der Waals surface area contributed by atoms with E-state index >= 15 is 0 Å². The number of carbonyl (C=O) groups is 1. The first-order valence-electron chi connectivity index (χ1n) is 8.97. The van der Waals surface area contributed by atoms with Gasteiger partial charge < -0.3 is 10.7 Å². The fraction of sp³-hybridized carbons (Fsp3) is 0.143. The van der Waals surface area contributed by atoms with E-state index in [1.165, 1.54) is 10.1 Å². The van der Waals surface area contributed by atoms with Crippen LogP contribution in [0.15, 0.2) is 53.3 Å². The molecule has 0 aliphatic rings. The maximum Gasteiger partial charge on any atom is 0.332 e. The number of aromatic amines is 1. The number of rotatable bonds is 4. The number of aryl methyl sites for hydroxylation is 2. The predicted molar refractivity (Wildman–Crippen MR) is 108 cm³/mol. The number of H-pyrrole nitrogens is 1. The number of nitrogens with one attached hydrogen (secondary N) is 1. The first-order valence-corrected chi connectivity index (χ1v) is 8.97. The monoisotopic (exact) mass is 373 g/mol. The molecule has 140 valence electrons.